The maximum Gasteiger partial charge on any atom is 0.123 e. The van der Waals surface area contributed by atoms with Crippen molar-refractivity contribution in [2.75, 3.05) is 0 Å². The van der Waals surface area contributed by atoms with E-state index >= 15 is 0 Å². The van der Waals surface area contributed by atoms with Gasteiger partial charge in [-0.1, -0.05) is 78.5 Å². The first kappa shape index (κ1) is 18.2. The minimum absolute atomic E-state index is 0.0763. The van der Waals surface area contributed by atoms with Gasteiger partial charge in [-0.15, -0.1) is 0 Å². The molecule has 0 aromatic heterocycles. The molecule has 0 bridgehead atoms. The Balaban J connectivity index is 2.52. The van der Waals surface area contributed by atoms with Gasteiger partial charge >= 0.3 is 0 Å². The molecule has 1 aliphatic rings. The van der Waals surface area contributed by atoms with Crippen LogP contribution in [0.3, 0.4) is 0 Å². The van der Waals surface area contributed by atoms with Crippen molar-refractivity contribution in [2.24, 2.45) is 5.92 Å². The largest absolute Gasteiger partial charge is 0.507 e. The summed E-state index contributed by atoms with van der Waals surface area (Å²) in [7, 11) is 0. The van der Waals surface area contributed by atoms with Crippen LogP contribution in [0, 0.1) is 5.92 Å². The molecule has 23 heavy (non-hydrogen) atoms. The number of phenolic OH excluding ortho intramolecular Hbond substituents is 1. The van der Waals surface area contributed by atoms with Crippen LogP contribution in [-0.2, 0) is 10.8 Å². The van der Waals surface area contributed by atoms with Gasteiger partial charge in [-0.3, -0.25) is 0 Å². The number of allylic oxidation sites excluding steroid dienone is 4. The molecule has 0 radical (unpaired) electrons. The van der Waals surface area contributed by atoms with Crippen molar-refractivity contribution in [1.82, 2.24) is 0 Å². The molecule has 2 rings (SSSR count). The van der Waals surface area contributed by atoms with Gasteiger partial charge in [-0.2, -0.15) is 0 Å². The van der Waals surface area contributed by atoms with E-state index in [9.17, 15) is 5.11 Å². The lowest BCUT2D eigenvalue weighted by Gasteiger charge is -2.28. The second-order valence-corrected chi connectivity index (χ2v) is 9.75. The van der Waals surface area contributed by atoms with Gasteiger partial charge in [0.05, 0.1) is 0 Å². The summed E-state index contributed by atoms with van der Waals surface area (Å²) in [5.41, 5.74) is 1.92. The van der Waals surface area contributed by atoms with Crippen molar-refractivity contribution < 1.29 is 5.11 Å². The summed E-state index contributed by atoms with van der Waals surface area (Å²) >= 11 is 1.84. The molecule has 0 saturated heterocycles. The molecule has 1 unspecified atom stereocenters. The zero-order chi connectivity index (χ0) is 17.4. The Morgan fingerprint density at radius 1 is 1.00 bits per heavy atom. The van der Waals surface area contributed by atoms with E-state index in [1.54, 1.807) is 0 Å². The van der Waals surface area contributed by atoms with E-state index in [0.717, 1.165) is 17.5 Å². The monoisotopic (exact) mass is 330 g/mol. The van der Waals surface area contributed by atoms with Crippen molar-refractivity contribution in [3.63, 3.8) is 0 Å². The average Bonchev–Trinajstić information content (AvgIpc) is 2.40. The summed E-state index contributed by atoms with van der Waals surface area (Å²) in [5.74, 6) is 1.02. The third-order valence-electron chi connectivity index (χ3n) is 4.31. The van der Waals surface area contributed by atoms with Crippen LogP contribution in [0.4, 0.5) is 0 Å². The highest BCUT2D eigenvalue weighted by Crippen LogP contribution is 2.44. The fourth-order valence-corrected chi connectivity index (χ4v) is 3.88. The molecule has 1 aliphatic carbocycles. The van der Waals surface area contributed by atoms with Crippen LogP contribution in [0.15, 0.2) is 40.2 Å². The first-order valence-electron chi connectivity index (χ1n) is 8.42. The van der Waals surface area contributed by atoms with Crippen molar-refractivity contribution in [3.8, 4) is 5.75 Å². The normalized spacial score (nSPS) is 18.9. The summed E-state index contributed by atoms with van der Waals surface area (Å²) in [6.45, 7) is 15.2. The third kappa shape index (κ3) is 4.23. The third-order valence-corrected chi connectivity index (χ3v) is 5.55. The number of thioether (sulfide) groups is 1. The Morgan fingerprint density at radius 3 is 1.96 bits per heavy atom. The number of phenols is 1. The molecule has 0 saturated carbocycles. The average molecular weight is 331 g/mol. The molecule has 1 aromatic carbocycles. The lowest BCUT2D eigenvalue weighted by atomic mass is 9.79. The van der Waals surface area contributed by atoms with Crippen LogP contribution in [0.5, 0.6) is 5.75 Å². The molecule has 1 aromatic rings. The van der Waals surface area contributed by atoms with E-state index in [-0.39, 0.29) is 10.8 Å². The standard InChI is InChI=1S/C21H30OS/c1-14-10-8-9-11-18(14)23-15-12-16(20(2,3)4)19(22)17(13-15)21(5,6)7/h8-9,11-14,22H,10H2,1-7H3. The highest BCUT2D eigenvalue weighted by atomic mass is 32.2. The highest BCUT2D eigenvalue weighted by molar-refractivity contribution is 8.03. The summed E-state index contributed by atoms with van der Waals surface area (Å²) < 4.78 is 0. The van der Waals surface area contributed by atoms with E-state index in [0.29, 0.717) is 11.7 Å². The van der Waals surface area contributed by atoms with E-state index in [1.165, 1.54) is 9.80 Å². The predicted octanol–water partition coefficient (Wildman–Crippen LogP) is 6.56. The fourth-order valence-electron chi connectivity index (χ4n) is 2.81. The summed E-state index contributed by atoms with van der Waals surface area (Å²) in [6, 6.07) is 4.34. The lowest BCUT2D eigenvalue weighted by molar-refractivity contribution is 0.422. The maximum absolute atomic E-state index is 10.8. The molecule has 0 aliphatic heterocycles. The summed E-state index contributed by atoms with van der Waals surface area (Å²) in [5, 5.41) is 10.8. The number of hydrogen-bond acceptors (Lipinski definition) is 2. The smallest absolute Gasteiger partial charge is 0.123 e. The van der Waals surface area contributed by atoms with Crippen molar-refractivity contribution >= 4 is 11.8 Å². The molecule has 1 nitrogen and oxygen atoms in total. The zero-order valence-electron chi connectivity index (χ0n) is 15.5. The number of aromatic hydroxyl groups is 1. The van der Waals surface area contributed by atoms with Crippen LogP contribution in [0.25, 0.3) is 0 Å². The maximum atomic E-state index is 10.8. The Hall–Kier alpha value is -1.15. The summed E-state index contributed by atoms with van der Waals surface area (Å²) in [6.07, 6.45) is 7.71. The topological polar surface area (TPSA) is 20.2 Å². The molecule has 0 spiro atoms. The van der Waals surface area contributed by atoms with Gasteiger partial charge in [0.15, 0.2) is 0 Å². The lowest BCUT2D eigenvalue weighted by Crippen LogP contribution is -2.17. The molecule has 0 fully saturated rings. The van der Waals surface area contributed by atoms with Gasteiger partial charge in [0.1, 0.15) is 5.75 Å². The van der Waals surface area contributed by atoms with Gasteiger partial charge in [0.2, 0.25) is 0 Å². The van der Waals surface area contributed by atoms with Crippen LogP contribution < -0.4 is 0 Å². The van der Waals surface area contributed by atoms with Crippen molar-refractivity contribution in [3.05, 3.63) is 46.4 Å². The molecule has 2 heteroatoms. The Bertz CT molecular complexity index is 604. The molecule has 0 amide bonds. The van der Waals surface area contributed by atoms with Crippen LogP contribution in [-0.4, -0.2) is 5.11 Å². The molecule has 0 heterocycles. The number of rotatable bonds is 2. The van der Waals surface area contributed by atoms with E-state index < -0.39 is 0 Å². The summed E-state index contributed by atoms with van der Waals surface area (Å²) in [4.78, 5) is 2.63. The molecular formula is C21H30OS. The second-order valence-electron chi connectivity index (χ2n) is 8.60. The Labute approximate surface area is 145 Å². The first-order valence-corrected chi connectivity index (χ1v) is 9.24. The Morgan fingerprint density at radius 2 is 1.52 bits per heavy atom. The highest BCUT2D eigenvalue weighted by Gasteiger charge is 2.27. The molecular weight excluding hydrogens is 300 g/mol. The van der Waals surface area contributed by atoms with E-state index in [1.807, 2.05) is 11.8 Å². The van der Waals surface area contributed by atoms with Crippen LogP contribution >= 0.6 is 11.8 Å². The van der Waals surface area contributed by atoms with Gasteiger partial charge in [0, 0.05) is 16.0 Å². The van der Waals surface area contributed by atoms with Gasteiger partial charge < -0.3 is 5.11 Å². The molecule has 1 N–H and O–H groups in total. The van der Waals surface area contributed by atoms with Crippen molar-refractivity contribution in [2.45, 2.75) is 70.6 Å². The van der Waals surface area contributed by atoms with Crippen molar-refractivity contribution in [1.29, 1.82) is 0 Å². The second kappa shape index (κ2) is 6.39. The SMILES string of the molecule is CC1CC=CC=C1Sc1cc(C(C)(C)C)c(O)c(C(C)(C)C)c1. The van der Waals surface area contributed by atoms with Gasteiger partial charge in [-0.05, 0) is 40.2 Å². The number of benzene rings is 1. The van der Waals surface area contributed by atoms with Gasteiger partial charge in [0.25, 0.3) is 0 Å². The fraction of sp³-hybridized carbons (Fsp3) is 0.524. The molecule has 126 valence electrons. The zero-order valence-corrected chi connectivity index (χ0v) is 16.3. The first-order chi connectivity index (χ1) is 10.5. The Kier molecular flexibility index (Phi) is 5.06. The molecule has 1 atom stereocenters. The van der Waals surface area contributed by atoms with Crippen LogP contribution in [0.2, 0.25) is 0 Å². The number of hydrogen-bond donors (Lipinski definition) is 1. The van der Waals surface area contributed by atoms with Gasteiger partial charge in [-0.25, -0.2) is 0 Å². The quantitative estimate of drug-likeness (QED) is 0.662. The van der Waals surface area contributed by atoms with E-state index in [2.05, 4.69) is 78.8 Å². The minimum atomic E-state index is -0.0763. The van der Waals surface area contributed by atoms with Crippen LogP contribution in [0.1, 0.15) is 66.0 Å². The minimum Gasteiger partial charge on any atom is -0.507 e. The predicted molar refractivity (Wildman–Crippen MR) is 102 cm³/mol. The van der Waals surface area contributed by atoms with E-state index in [4.69, 9.17) is 0 Å².